The van der Waals surface area contributed by atoms with Gasteiger partial charge in [-0.05, 0) is 76.1 Å². The highest BCUT2D eigenvalue weighted by molar-refractivity contribution is 9.10. The van der Waals surface area contributed by atoms with E-state index >= 15 is 0 Å². The van der Waals surface area contributed by atoms with Crippen LogP contribution >= 0.6 is 50.9 Å². The summed E-state index contributed by atoms with van der Waals surface area (Å²) in [6.07, 6.45) is 1.69. The van der Waals surface area contributed by atoms with Crippen LogP contribution in [0.3, 0.4) is 0 Å². The van der Waals surface area contributed by atoms with Gasteiger partial charge in [0.15, 0.2) is 0 Å². The van der Waals surface area contributed by atoms with Gasteiger partial charge in [0, 0.05) is 10.0 Å². The first-order chi connectivity index (χ1) is 12.9. The van der Waals surface area contributed by atoms with Crippen molar-refractivity contribution in [2.45, 2.75) is 13.5 Å². The molecule has 0 aromatic heterocycles. The molecule has 0 unspecified atom stereocenters. The number of nitrogens with zero attached hydrogens (tertiary/aromatic N) is 1. The summed E-state index contributed by atoms with van der Waals surface area (Å²) in [4.78, 5) is 26.5. The van der Waals surface area contributed by atoms with Crippen LogP contribution < -0.4 is 4.74 Å². The van der Waals surface area contributed by atoms with Crippen LogP contribution in [0.25, 0.3) is 6.08 Å². The van der Waals surface area contributed by atoms with Crippen LogP contribution in [0.15, 0.2) is 45.8 Å². The summed E-state index contributed by atoms with van der Waals surface area (Å²) >= 11 is 16.4. The summed E-state index contributed by atoms with van der Waals surface area (Å²) in [6.45, 7) is 2.57. The predicted octanol–water partition coefficient (Wildman–Crippen LogP) is 6.39. The largest absolute Gasteiger partial charge is 0.493 e. The summed E-state index contributed by atoms with van der Waals surface area (Å²) in [6, 6.07) is 10.5. The van der Waals surface area contributed by atoms with E-state index in [4.69, 9.17) is 27.9 Å². The van der Waals surface area contributed by atoms with Crippen molar-refractivity contribution in [1.29, 1.82) is 0 Å². The second kappa shape index (κ2) is 8.69. The number of ether oxygens (including phenoxy) is 1. The van der Waals surface area contributed by atoms with E-state index in [1.54, 1.807) is 24.3 Å². The predicted molar refractivity (Wildman–Crippen MR) is 113 cm³/mol. The molecule has 0 spiro atoms. The zero-order chi connectivity index (χ0) is 19.6. The summed E-state index contributed by atoms with van der Waals surface area (Å²) in [5.74, 6) is 0.376. The lowest BCUT2D eigenvalue weighted by molar-refractivity contribution is -0.123. The number of thioether (sulfide) groups is 1. The van der Waals surface area contributed by atoms with Gasteiger partial charge in [0.2, 0.25) is 0 Å². The second-order valence-electron chi connectivity index (χ2n) is 5.63. The Labute approximate surface area is 179 Å². The zero-order valence-electron chi connectivity index (χ0n) is 14.2. The molecule has 27 heavy (non-hydrogen) atoms. The average molecular weight is 487 g/mol. The molecular weight excluding hydrogens is 473 g/mol. The minimum Gasteiger partial charge on any atom is -0.493 e. The fourth-order valence-corrected chi connectivity index (χ4v) is 4.30. The van der Waals surface area contributed by atoms with Crippen LogP contribution in [0.5, 0.6) is 5.75 Å². The van der Waals surface area contributed by atoms with Crippen molar-refractivity contribution in [3.63, 3.8) is 0 Å². The van der Waals surface area contributed by atoms with Gasteiger partial charge in [0.25, 0.3) is 11.1 Å². The Kier molecular flexibility index (Phi) is 6.52. The van der Waals surface area contributed by atoms with Crippen molar-refractivity contribution in [3.05, 3.63) is 66.9 Å². The number of amides is 2. The van der Waals surface area contributed by atoms with Gasteiger partial charge in [-0.1, -0.05) is 35.3 Å². The summed E-state index contributed by atoms with van der Waals surface area (Å²) in [5, 5.41) is 0.585. The Hall–Kier alpha value is -1.47. The van der Waals surface area contributed by atoms with Gasteiger partial charge in [-0.2, -0.15) is 0 Å². The third kappa shape index (κ3) is 4.69. The lowest BCUT2D eigenvalue weighted by Gasteiger charge is -2.13. The maximum Gasteiger partial charge on any atom is 0.293 e. The van der Waals surface area contributed by atoms with Gasteiger partial charge in [0.05, 0.1) is 22.5 Å². The monoisotopic (exact) mass is 485 g/mol. The van der Waals surface area contributed by atoms with E-state index in [1.165, 1.54) is 4.90 Å². The molecule has 1 heterocycles. The van der Waals surface area contributed by atoms with Crippen LogP contribution in [-0.2, 0) is 11.3 Å². The quantitative estimate of drug-likeness (QED) is 0.459. The van der Waals surface area contributed by atoms with Crippen molar-refractivity contribution >= 4 is 68.1 Å². The van der Waals surface area contributed by atoms with E-state index in [-0.39, 0.29) is 17.7 Å². The molecule has 140 valence electrons. The smallest absolute Gasteiger partial charge is 0.293 e. The third-order valence-corrected chi connectivity index (χ3v) is 5.88. The van der Waals surface area contributed by atoms with Crippen molar-refractivity contribution in [2.75, 3.05) is 6.61 Å². The Morgan fingerprint density at radius 2 is 1.96 bits per heavy atom. The fourth-order valence-electron chi connectivity index (χ4n) is 2.49. The highest BCUT2D eigenvalue weighted by Crippen LogP contribution is 2.35. The van der Waals surface area contributed by atoms with Gasteiger partial charge in [-0.15, -0.1) is 0 Å². The molecular formula is C19H14BrCl2NO3S. The van der Waals surface area contributed by atoms with E-state index in [9.17, 15) is 9.59 Å². The SMILES string of the molecule is CCOc1ccc(/C=C2\SC(=O)N(Cc3ccc(Cl)cc3Cl)C2=O)cc1Br. The molecule has 2 aromatic rings. The number of benzene rings is 2. The number of rotatable bonds is 5. The van der Waals surface area contributed by atoms with Crippen LogP contribution in [0, 0.1) is 0 Å². The van der Waals surface area contributed by atoms with E-state index < -0.39 is 0 Å². The number of imide groups is 1. The van der Waals surface area contributed by atoms with Crippen LogP contribution in [0.1, 0.15) is 18.1 Å². The van der Waals surface area contributed by atoms with Crippen LogP contribution in [0.2, 0.25) is 10.0 Å². The van der Waals surface area contributed by atoms with Gasteiger partial charge >= 0.3 is 0 Å². The minimum absolute atomic E-state index is 0.102. The number of halogens is 3. The van der Waals surface area contributed by atoms with E-state index in [1.807, 2.05) is 25.1 Å². The average Bonchev–Trinajstić information content (AvgIpc) is 2.87. The highest BCUT2D eigenvalue weighted by Gasteiger charge is 2.35. The molecule has 1 fully saturated rings. The number of carbonyl (C=O) groups is 2. The Morgan fingerprint density at radius 3 is 2.63 bits per heavy atom. The second-order valence-corrected chi connectivity index (χ2v) is 8.32. The molecule has 0 N–H and O–H groups in total. The Balaban J connectivity index is 1.81. The molecule has 1 saturated heterocycles. The molecule has 2 aromatic carbocycles. The number of hydrogen-bond acceptors (Lipinski definition) is 4. The first-order valence-corrected chi connectivity index (χ1v) is 10.4. The molecule has 1 aliphatic rings. The minimum atomic E-state index is -0.346. The molecule has 0 atom stereocenters. The Morgan fingerprint density at radius 1 is 1.19 bits per heavy atom. The molecule has 3 rings (SSSR count). The van der Waals surface area contributed by atoms with E-state index in [0.29, 0.717) is 27.1 Å². The molecule has 4 nitrogen and oxygen atoms in total. The number of hydrogen-bond donors (Lipinski definition) is 0. The van der Waals surface area contributed by atoms with E-state index in [2.05, 4.69) is 15.9 Å². The highest BCUT2D eigenvalue weighted by atomic mass is 79.9. The maximum atomic E-state index is 12.7. The number of carbonyl (C=O) groups excluding carboxylic acids is 2. The van der Waals surface area contributed by atoms with Gasteiger partial charge in [0.1, 0.15) is 5.75 Å². The normalized spacial score (nSPS) is 15.7. The first-order valence-electron chi connectivity index (χ1n) is 8.00. The van der Waals surface area contributed by atoms with Crippen molar-refractivity contribution in [3.8, 4) is 5.75 Å². The summed E-state index contributed by atoms with van der Waals surface area (Å²) in [7, 11) is 0. The topological polar surface area (TPSA) is 46.6 Å². The standard InChI is InChI=1S/C19H14BrCl2NO3S/c1-2-26-16-6-3-11(7-14(16)20)8-17-18(24)23(19(25)27-17)10-12-4-5-13(21)9-15(12)22/h3-9H,2,10H2,1H3/b17-8-. The van der Waals surface area contributed by atoms with E-state index in [0.717, 1.165) is 27.5 Å². The molecule has 0 saturated carbocycles. The van der Waals surface area contributed by atoms with Crippen molar-refractivity contribution in [2.24, 2.45) is 0 Å². The zero-order valence-corrected chi connectivity index (χ0v) is 18.1. The van der Waals surface area contributed by atoms with Gasteiger partial charge in [-0.3, -0.25) is 14.5 Å². The summed E-state index contributed by atoms with van der Waals surface area (Å²) in [5.41, 5.74) is 1.45. The van der Waals surface area contributed by atoms with Crippen LogP contribution in [-0.4, -0.2) is 22.7 Å². The van der Waals surface area contributed by atoms with Gasteiger partial charge < -0.3 is 4.74 Å². The molecule has 8 heteroatoms. The Bertz CT molecular complexity index is 949. The lowest BCUT2D eigenvalue weighted by atomic mass is 10.2. The van der Waals surface area contributed by atoms with Crippen molar-refractivity contribution in [1.82, 2.24) is 4.90 Å². The first kappa shape index (κ1) is 20.3. The molecule has 1 aliphatic heterocycles. The summed E-state index contributed by atoms with van der Waals surface area (Å²) < 4.78 is 6.26. The fraction of sp³-hybridized carbons (Fsp3) is 0.158. The van der Waals surface area contributed by atoms with Crippen molar-refractivity contribution < 1.29 is 14.3 Å². The maximum absolute atomic E-state index is 12.7. The van der Waals surface area contributed by atoms with Gasteiger partial charge in [-0.25, -0.2) is 0 Å². The molecule has 2 amide bonds. The molecule has 0 bridgehead atoms. The van der Waals surface area contributed by atoms with Crippen LogP contribution in [0.4, 0.5) is 4.79 Å². The molecule has 0 aliphatic carbocycles. The molecule has 0 radical (unpaired) electrons. The lowest BCUT2D eigenvalue weighted by Crippen LogP contribution is -2.27. The third-order valence-electron chi connectivity index (χ3n) is 3.77.